The van der Waals surface area contributed by atoms with Crippen molar-refractivity contribution < 1.29 is 9.53 Å². The number of methoxy groups -OCH3 is 1. The maximum Gasteiger partial charge on any atom is 0.250 e. The third-order valence-corrected chi connectivity index (χ3v) is 6.13. The van der Waals surface area contributed by atoms with E-state index in [4.69, 9.17) is 4.74 Å². The highest BCUT2D eigenvalue weighted by molar-refractivity contribution is 5.89. The molecule has 2 heterocycles. The number of benzene rings is 3. The molecule has 0 spiro atoms. The van der Waals surface area contributed by atoms with E-state index in [-0.39, 0.29) is 18.0 Å². The fourth-order valence-electron chi connectivity index (χ4n) is 4.33. The smallest absolute Gasteiger partial charge is 0.250 e. The molecule has 2 atom stereocenters. The number of hydrogen-bond acceptors (Lipinski definition) is 5. The van der Waals surface area contributed by atoms with Crippen LogP contribution in [0, 0.1) is 0 Å². The Bertz CT molecular complexity index is 1240. The summed E-state index contributed by atoms with van der Waals surface area (Å²) in [6, 6.07) is 28.4. The minimum atomic E-state index is -0.104. The first-order valence-corrected chi connectivity index (χ1v) is 11.5. The van der Waals surface area contributed by atoms with E-state index in [1.807, 2.05) is 65.3 Å². The Morgan fingerprint density at radius 2 is 1.71 bits per heavy atom. The van der Waals surface area contributed by atoms with E-state index < -0.39 is 0 Å². The Labute approximate surface area is 198 Å². The van der Waals surface area contributed by atoms with Gasteiger partial charge in [-0.3, -0.25) is 10.1 Å². The number of anilines is 2. The van der Waals surface area contributed by atoms with Gasteiger partial charge in [0.05, 0.1) is 19.2 Å². The largest absolute Gasteiger partial charge is 0.497 e. The number of hydrogen-bond donors (Lipinski definition) is 2. The minimum Gasteiger partial charge on any atom is -0.497 e. The summed E-state index contributed by atoms with van der Waals surface area (Å²) in [6.07, 6.45) is 1.84. The van der Waals surface area contributed by atoms with Gasteiger partial charge in [0.25, 0.3) is 5.95 Å². The Balaban J connectivity index is 1.38. The van der Waals surface area contributed by atoms with Crippen molar-refractivity contribution in [3.63, 3.8) is 0 Å². The zero-order valence-electron chi connectivity index (χ0n) is 19.0. The Hall–Kier alpha value is -4.13. The van der Waals surface area contributed by atoms with Gasteiger partial charge in [-0.05, 0) is 41.7 Å². The van der Waals surface area contributed by atoms with Crippen LogP contribution in [0.2, 0.25) is 0 Å². The molecule has 1 aliphatic heterocycles. The van der Waals surface area contributed by atoms with Gasteiger partial charge < -0.3 is 10.1 Å². The van der Waals surface area contributed by atoms with Gasteiger partial charge in [-0.15, -0.1) is 5.10 Å². The molecule has 0 saturated carbocycles. The van der Waals surface area contributed by atoms with Crippen LogP contribution in [-0.4, -0.2) is 27.8 Å². The summed E-state index contributed by atoms with van der Waals surface area (Å²) in [5.74, 6) is 1.65. The number of aryl methyl sites for hydroxylation is 1. The predicted octanol–water partition coefficient (Wildman–Crippen LogP) is 5.00. The van der Waals surface area contributed by atoms with Crippen molar-refractivity contribution >= 4 is 17.8 Å². The molecule has 1 aromatic heterocycles. The first kappa shape index (κ1) is 21.7. The number of nitrogens with one attached hydrogen (secondary N) is 2. The highest BCUT2D eigenvalue weighted by atomic mass is 16.5. The van der Waals surface area contributed by atoms with Crippen LogP contribution < -0.4 is 15.4 Å². The third kappa shape index (κ3) is 4.78. The van der Waals surface area contributed by atoms with Gasteiger partial charge in [0.2, 0.25) is 11.9 Å². The van der Waals surface area contributed by atoms with Crippen LogP contribution in [0.1, 0.15) is 41.6 Å². The molecule has 2 N–H and O–H groups in total. The molecule has 0 radical (unpaired) electrons. The number of amides is 1. The molecule has 4 aromatic rings. The monoisotopic (exact) mass is 453 g/mol. The molecule has 0 bridgehead atoms. The molecule has 7 heteroatoms. The second-order valence-corrected chi connectivity index (χ2v) is 8.37. The molecule has 172 valence electrons. The fourth-order valence-corrected chi connectivity index (χ4v) is 4.33. The maximum atomic E-state index is 12.6. The molecule has 0 unspecified atom stereocenters. The molecule has 3 aromatic carbocycles. The number of carbonyl (C=O) groups is 1. The lowest BCUT2D eigenvalue weighted by Crippen LogP contribution is -2.28. The molecule has 0 aliphatic carbocycles. The van der Waals surface area contributed by atoms with Crippen LogP contribution in [-0.2, 0) is 11.2 Å². The Kier molecular flexibility index (Phi) is 6.25. The SMILES string of the molecule is COc1ccc([C@H]2C[C@H](c3ccccc3)Nc3nc(NC(=O)CCc4ccccc4)nn32)cc1. The third-order valence-electron chi connectivity index (χ3n) is 6.13. The van der Waals surface area contributed by atoms with E-state index in [1.54, 1.807) is 7.11 Å². The van der Waals surface area contributed by atoms with E-state index in [9.17, 15) is 4.79 Å². The lowest BCUT2D eigenvalue weighted by Gasteiger charge is -2.31. The molecule has 0 saturated heterocycles. The number of carbonyl (C=O) groups excluding carboxylic acids is 1. The van der Waals surface area contributed by atoms with Gasteiger partial charge in [0.15, 0.2) is 0 Å². The van der Waals surface area contributed by atoms with Gasteiger partial charge in [-0.2, -0.15) is 4.98 Å². The predicted molar refractivity (Wildman–Crippen MR) is 132 cm³/mol. The molecule has 5 rings (SSSR count). The van der Waals surface area contributed by atoms with Crippen molar-refractivity contribution in [2.45, 2.75) is 31.3 Å². The van der Waals surface area contributed by atoms with Crippen LogP contribution in [0.15, 0.2) is 84.9 Å². The lowest BCUT2D eigenvalue weighted by atomic mass is 9.93. The normalized spacial score (nSPS) is 16.9. The van der Waals surface area contributed by atoms with Crippen LogP contribution in [0.3, 0.4) is 0 Å². The minimum absolute atomic E-state index is 0.0326. The molecule has 1 amide bonds. The van der Waals surface area contributed by atoms with Gasteiger partial charge >= 0.3 is 0 Å². The Morgan fingerprint density at radius 1 is 1.00 bits per heavy atom. The van der Waals surface area contributed by atoms with Crippen LogP contribution in [0.25, 0.3) is 0 Å². The second kappa shape index (κ2) is 9.79. The van der Waals surface area contributed by atoms with E-state index in [0.29, 0.717) is 24.7 Å². The van der Waals surface area contributed by atoms with E-state index in [1.165, 1.54) is 5.56 Å². The summed E-state index contributed by atoms with van der Waals surface area (Å²) in [4.78, 5) is 17.2. The molecular weight excluding hydrogens is 426 g/mol. The number of nitrogens with zero attached hydrogens (tertiary/aromatic N) is 3. The molecular formula is C27H27N5O2. The topological polar surface area (TPSA) is 81.1 Å². The van der Waals surface area contributed by atoms with Crippen molar-refractivity contribution in [2.24, 2.45) is 0 Å². The fraction of sp³-hybridized carbons (Fsp3) is 0.222. The first-order chi connectivity index (χ1) is 16.7. The van der Waals surface area contributed by atoms with Crippen LogP contribution in [0.5, 0.6) is 5.75 Å². The number of ether oxygens (including phenoxy) is 1. The van der Waals surface area contributed by atoms with Crippen molar-refractivity contribution in [2.75, 3.05) is 17.7 Å². The average molecular weight is 454 g/mol. The summed E-state index contributed by atoms with van der Waals surface area (Å²) in [5, 5.41) is 11.0. The maximum absolute atomic E-state index is 12.6. The van der Waals surface area contributed by atoms with Gasteiger partial charge in [0.1, 0.15) is 5.75 Å². The van der Waals surface area contributed by atoms with Crippen molar-refractivity contribution in [1.82, 2.24) is 14.8 Å². The summed E-state index contributed by atoms with van der Waals surface area (Å²) in [5.41, 5.74) is 3.42. The standard InChI is InChI=1S/C27H27N5O2/c1-34-22-15-13-21(14-16-22)24-18-23(20-10-6-3-7-11-20)28-27-30-26(31-32(24)27)29-25(33)17-12-19-8-4-2-5-9-19/h2-11,13-16,23-24H,12,17-18H2,1H3,(H2,28,29,30,31,33)/t23-,24-/m1/s1. The van der Waals surface area contributed by atoms with E-state index in [0.717, 1.165) is 23.3 Å². The molecule has 0 fully saturated rings. The number of fused-ring (bicyclic) bond motifs is 1. The van der Waals surface area contributed by atoms with Crippen molar-refractivity contribution in [3.8, 4) is 5.75 Å². The zero-order chi connectivity index (χ0) is 23.3. The van der Waals surface area contributed by atoms with Crippen molar-refractivity contribution in [3.05, 3.63) is 102 Å². The van der Waals surface area contributed by atoms with Crippen LogP contribution >= 0.6 is 0 Å². The van der Waals surface area contributed by atoms with E-state index >= 15 is 0 Å². The molecule has 7 nitrogen and oxygen atoms in total. The first-order valence-electron chi connectivity index (χ1n) is 11.5. The van der Waals surface area contributed by atoms with Gasteiger partial charge in [-0.1, -0.05) is 72.8 Å². The lowest BCUT2D eigenvalue weighted by molar-refractivity contribution is -0.116. The summed E-state index contributed by atoms with van der Waals surface area (Å²) < 4.78 is 7.19. The molecule has 34 heavy (non-hydrogen) atoms. The molecule has 1 aliphatic rings. The summed E-state index contributed by atoms with van der Waals surface area (Å²) in [7, 11) is 1.66. The summed E-state index contributed by atoms with van der Waals surface area (Å²) in [6.45, 7) is 0. The van der Waals surface area contributed by atoms with Crippen LogP contribution in [0.4, 0.5) is 11.9 Å². The number of aromatic nitrogens is 3. The quantitative estimate of drug-likeness (QED) is 0.411. The van der Waals surface area contributed by atoms with E-state index in [2.05, 4.69) is 45.0 Å². The Morgan fingerprint density at radius 3 is 2.41 bits per heavy atom. The summed E-state index contributed by atoms with van der Waals surface area (Å²) >= 11 is 0. The zero-order valence-corrected chi connectivity index (χ0v) is 19.0. The highest BCUT2D eigenvalue weighted by Gasteiger charge is 2.31. The second-order valence-electron chi connectivity index (χ2n) is 8.37. The highest BCUT2D eigenvalue weighted by Crippen LogP contribution is 2.38. The average Bonchev–Trinajstić information content (AvgIpc) is 3.30. The van der Waals surface area contributed by atoms with Crippen molar-refractivity contribution in [1.29, 1.82) is 0 Å². The van der Waals surface area contributed by atoms with Gasteiger partial charge in [0, 0.05) is 6.42 Å². The number of rotatable bonds is 7. The van der Waals surface area contributed by atoms with Gasteiger partial charge in [-0.25, -0.2) is 4.68 Å².